The fraction of sp³-hybridized carbons (Fsp3) is 0.500. The predicted octanol–water partition coefficient (Wildman–Crippen LogP) is 1.13. The second-order valence-corrected chi connectivity index (χ2v) is 8.96. The number of nitrogens with one attached hydrogen (secondary N) is 2. The van der Waals surface area contributed by atoms with Gasteiger partial charge in [0.2, 0.25) is 11.5 Å². The molecule has 4 N–H and O–H groups in total. The highest BCUT2D eigenvalue weighted by Crippen LogP contribution is 2.27. The van der Waals surface area contributed by atoms with Crippen LogP contribution in [0.15, 0.2) is 35.5 Å². The second kappa shape index (κ2) is 12.7. The Morgan fingerprint density at radius 1 is 1.06 bits per heavy atom. The van der Waals surface area contributed by atoms with Gasteiger partial charge in [0, 0.05) is 12.8 Å². The molecular formula is C24H31N3O9. The van der Waals surface area contributed by atoms with E-state index in [1.165, 1.54) is 6.92 Å². The van der Waals surface area contributed by atoms with E-state index in [0.29, 0.717) is 11.5 Å². The minimum Gasteiger partial charge on any atom is -0.486 e. The molecule has 1 heterocycles. The van der Waals surface area contributed by atoms with E-state index in [2.05, 4.69) is 15.8 Å². The number of para-hydroxylation sites is 1. The van der Waals surface area contributed by atoms with Crippen LogP contribution < -0.4 is 15.4 Å². The Bertz CT molecular complexity index is 1010. The second-order valence-electron chi connectivity index (χ2n) is 8.96. The molecule has 1 aliphatic rings. The van der Waals surface area contributed by atoms with Gasteiger partial charge in [0.05, 0.1) is 24.6 Å². The van der Waals surface area contributed by atoms with Crippen molar-refractivity contribution in [2.45, 2.75) is 64.1 Å². The summed E-state index contributed by atoms with van der Waals surface area (Å²) < 4.78 is 5.38. The van der Waals surface area contributed by atoms with Crippen LogP contribution in [0.1, 0.15) is 46.5 Å². The van der Waals surface area contributed by atoms with Crippen molar-refractivity contribution >= 4 is 35.2 Å². The Morgan fingerprint density at radius 3 is 2.31 bits per heavy atom. The molecule has 12 nitrogen and oxygen atoms in total. The van der Waals surface area contributed by atoms with E-state index in [9.17, 15) is 29.1 Å². The molecule has 0 aliphatic carbocycles. The molecule has 1 aromatic rings. The van der Waals surface area contributed by atoms with Gasteiger partial charge in [0.25, 0.3) is 5.91 Å². The monoisotopic (exact) mass is 505 g/mol. The number of nitrogens with zero attached hydrogens (tertiary/aromatic N) is 1. The first-order chi connectivity index (χ1) is 16.9. The van der Waals surface area contributed by atoms with Crippen LogP contribution >= 0.6 is 0 Å². The average Bonchev–Trinajstić information content (AvgIpc) is 3.22. The fourth-order valence-electron chi connectivity index (χ4n) is 3.46. The van der Waals surface area contributed by atoms with E-state index < -0.39 is 60.2 Å². The maximum absolute atomic E-state index is 13.0. The molecule has 0 bridgehead atoms. The zero-order valence-electron chi connectivity index (χ0n) is 20.4. The molecule has 2 rings (SSSR count). The van der Waals surface area contributed by atoms with Crippen molar-refractivity contribution in [3.8, 4) is 5.75 Å². The summed E-state index contributed by atoms with van der Waals surface area (Å²) in [5, 5.41) is 27.1. The Kier molecular flexibility index (Phi) is 9.94. The van der Waals surface area contributed by atoms with Crippen molar-refractivity contribution in [2.75, 3.05) is 6.61 Å². The fourth-order valence-corrected chi connectivity index (χ4v) is 3.46. The quantitative estimate of drug-likeness (QED) is 0.288. The molecular weight excluding hydrogens is 474 g/mol. The van der Waals surface area contributed by atoms with Crippen molar-refractivity contribution in [1.29, 1.82) is 0 Å². The summed E-state index contributed by atoms with van der Waals surface area (Å²) in [5.41, 5.74) is -1.19. The normalized spacial score (nSPS) is 18.4. The first-order valence-electron chi connectivity index (χ1n) is 11.4. The number of carboxylic acids is 2. The average molecular weight is 506 g/mol. The number of benzene rings is 1. The molecule has 3 atom stereocenters. The maximum atomic E-state index is 13.0. The van der Waals surface area contributed by atoms with Crippen LogP contribution in [0.4, 0.5) is 0 Å². The number of aliphatic carboxylic acids is 2. The molecule has 36 heavy (non-hydrogen) atoms. The summed E-state index contributed by atoms with van der Waals surface area (Å²) in [6.45, 7) is 4.62. The van der Waals surface area contributed by atoms with Crippen LogP contribution in [0.5, 0.6) is 5.75 Å². The van der Waals surface area contributed by atoms with E-state index in [1.54, 1.807) is 30.3 Å². The first-order valence-corrected chi connectivity index (χ1v) is 11.4. The number of hydrogen-bond donors (Lipinski definition) is 4. The number of Topliss-reactive ketones (excluding diaryl/α,β-unsaturated/α-hetero) is 1. The highest BCUT2D eigenvalue weighted by molar-refractivity contribution is 6.01. The SMILES string of the molecule is CC(C)[C@H](NC(=O)CCC(=O)O)C1=NOC(C)(C(=O)N[C@@H](CC(=O)O)C(=O)COc2ccccc2)C1. The molecule has 0 fully saturated rings. The summed E-state index contributed by atoms with van der Waals surface area (Å²) in [6.07, 6.45) is -1.22. The molecule has 0 saturated carbocycles. The van der Waals surface area contributed by atoms with Gasteiger partial charge in [-0.2, -0.15) is 0 Å². The smallest absolute Gasteiger partial charge is 0.305 e. The lowest BCUT2D eigenvalue weighted by Gasteiger charge is -2.25. The van der Waals surface area contributed by atoms with Gasteiger partial charge in [-0.3, -0.25) is 24.0 Å². The Morgan fingerprint density at radius 2 is 1.72 bits per heavy atom. The number of oxime groups is 1. The molecule has 0 spiro atoms. The molecule has 0 aromatic heterocycles. The van der Waals surface area contributed by atoms with Crippen LogP contribution in [0, 0.1) is 5.92 Å². The Labute approximate surface area is 208 Å². The third-order valence-corrected chi connectivity index (χ3v) is 5.47. The molecule has 1 aromatic carbocycles. The molecule has 2 amide bonds. The third-order valence-electron chi connectivity index (χ3n) is 5.47. The van der Waals surface area contributed by atoms with Crippen LogP contribution in [0.25, 0.3) is 0 Å². The van der Waals surface area contributed by atoms with Crippen molar-refractivity contribution in [3.63, 3.8) is 0 Å². The van der Waals surface area contributed by atoms with Crippen molar-refractivity contribution in [1.82, 2.24) is 10.6 Å². The number of carbonyl (C=O) groups is 5. The van der Waals surface area contributed by atoms with Gasteiger partial charge in [-0.25, -0.2) is 0 Å². The number of carboxylic acid groups (broad SMARTS) is 2. The summed E-state index contributed by atoms with van der Waals surface area (Å²) >= 11 is 0. The van der Waals surface area contributed by atoms with E-state index in [1.807, 2.05) is 13.8 Å². The van der Waals surface area contributed by atoms with Gasteiger partial charge in [0.15, 0.2) is 5.78 Å². The zero-order chi connectivity index (χ0) is 26.9. The highest BCUT2D eigenvalue weighted by Gasteiger charge is 2.45. The van der Waals surface area contributed by atoms with Gasteiger partial charge in [0.1, 0.15) is 18.4 Å². The number of ether oxygens (including phenoxy) is 1. The van der Waals surface area contributed by atoms with Gasteiger partial charge >= 0.3 is 11.9 Å². The van der Waals surface area contributed by atoms with Crippen LogP contribution in [0.3, 0.4) is 0 Å². The van der Waals surface area contributed by atoms with Crippen LogP contribution in [-0.4, -0.2) is 69.8 Å². The lowest BCUT2D eigenvalue weighted by atomic mass is 9.90. The van der Waals surface area contributed by atoms with E-state index in [-0.39, 0.29) is 25.2 Å². The highest BCUT2D eigenvalue weighted by atomic mass is 16.7. The van der Waals surface area contributed by atoms with Gasteiger partial charge in [-0.15, -0.1) is 0 Å². The standard InChI is InChI=1S/C24H31N3O9/c1-14(2)22(26-19(29)9-10-20(30)31)17-12-24(3,36-27-17)23(34)25-16(11-21(32)33)18(28)13-35-15-7-5-4-6-8-15/h4-8,14,16,22H,9-13H2,1-3H3,(H,25,34)(H,26,29)(H,30,31)(H,32,33)/t16-,22-,24?/m0/s1. The summed E-state index contributed by atoms with van der Waals surface area (Å²) in [4.78, 5) is 65.2. The minimum absolute atomic E-state index is 0.0324. The number of rotatable bonds is 14. The van der Waals surface area contributed by atoms with Gasteiger partial charge in [-0.1, -0.05) is 37.2 Å². The lowest BCUT2D eigenvalue weighted by molar-refractivity contribution is -0.146. The number of carbonyl (C=O) groups excluding carboxylic acids is 3. The number of hydrogen-bond acceptors (Lipinski definition) is 8. The number of amides is 2. The Hall–Kier alpha value is -3.96. The molecule has 1 aliphatic heterocycles. The van der Waals surface area contributed by atoms with Gasteiger partial charge < -0.3 is 30.4 Å². The summed E-state index contributed by atoms with van der Waals surface area (Å²) in [5.74, 6) is -3.99. The number of ketones is 1. The zero-order valence-corrected chi connectivity index (χ0v) is 20.4. The predicted molar refractivity (Wildman–Crippen MR) is 126 cm³/mol. The maximum Gasteiger partial charge on any atom is 0.305 e. The van der Waals surface area contributed by atoms with E-state index in [0.717, 1.165) is 0 Å². The molecule has 1 unspecified atom stereocenters. The minimum atomic E-state index is -1.55. The molecule has 12 heteroatoms. The van der Waals surface area contributed by atoms with Gasteiger partial charge in [-0.05, 0) is 25.0 Å². The molecule has 196 valence electrons. The van der Waals surface area contributed by atoms with Crippen LogP contribution in [0.2, 0.25) is 0 Å². The molecule has 0 radical (unpaired) electrons. The van der Waals surface area contributed by atoms with Crippen molar-refractivity contribution in [2.24, 2.45) is 11.1 Å². The van der Waals surface area contributed by atoms with E-state index >= 15 is 0 Å². The largest absolute Gasteiger partial charge is 0.486 e. The van der Waals surface area contributed by atoms with Crippen molar-refractivity contribution in [3.05, 3.63) is 30.3 Å². The van der Waals surface area contributed by atoms with Crippen LogP contribution in [-0.2, 0) is 28.8 Å². The van der Waals surface area contributed by atoms with Crippen molar-refractivity contribution < 1.29 is 43.8 Å². The first kappa shape index (κ1) is 28.3. The summed E-state index contributed by atoms with van der Waals surface area (Å²) in [6, 6.07) is 6.49. The molecule has 0 saturated heterocycles. The Balaban J connectivity index is 2.03. The lowest BCUT2D eigenvalue weighted by Crippen LogP contribution is -2.53. The third kappa shape index (κ3) is 8.36. The summed E-state index contributed by atoms with van der Waals surface area (Å²) in [7, 11) is 0. The van der Waals surface area contributed by atoms with E-state index in [4.69, 9.17) is 14.7 Å². The topological polar surface area (TPSA) is 181 Å².